The summed E-state index contributed by atoms with van der Waals surface area (Å²) < 4.78 is 0. The Balaban J connectivity index is 1.99. The molecule has 0 aliphatic carbocycles. The van der Waals surface area contributed by atoms with Crippen molar-refractivity contribution in [1.29, 1.82) is 0 Å². The van der Waals surface area contributed by atoms with Gasteiger partial charge in [-0.15, -0.1) is 0 Å². The maximum atomic E-state index is 11.6. The summed E-state index contributed by atoms with van der Waals surface area (Å²) in [5.74, 6) is -1.07. The van der Waals surface area contributed by atoms with E-state index in [1.807, 2.05) is 5.38 Å². The van der Waals surface area contributed by atoms with E-state index in [9.17, 15) is 14.4 Å². The van der Waals surface area contributed by atoms with E-state index in [-0.39, 0.29) is 24.7 Å². The molecule has 3 N–H and O–H groups in total. The van der Waals surface area contributed by atoms with Crippen molar-refractivity contribution >= 4 is 29.1 Å². The predicted octanol–water partition coefficient (Wildman–Crippen LogP) is 1.63. The van der Waals surface area contributed by atoms with Crippen LogP contribution in [0.25, 0.3) is 0 Å². The van der Waals surface area contributed by atoms with Gasteiger partial charge in [-0.05, 0) is 24.3 Å². The van der Waals surface area contributed by atoms with Crippen molar-refractivity contribution < 1.29 is 19.5 Å². The van der Waals surface area contributed by atoms with E-state index in [0.29, 0.717) is 25.1 Å². The van der Waals surface area contributed by atoms with Gasteiger partial charge in [0.05, 0.1) is 0 Å². The SMILES string of the molecule is O=C(O)CCCCCNC(=O)CCNC(=O)c1ccsc1. The number of unbranched alkanes of at least 4 members (excludes halogenated alkanes) is 2. The van der Waals surface area contributed by atoms with E-state index < -0.39 is 5.97 Å². The molecule has 0 saturated heterocycles. The third-order valence-electron chi connectivity index (χ3n) is 2.81. The summed E-state index contributed by atoms with van der Waals surface area (Å²) in [4.78, 5) is 33.4. The molecule has 116 valence electrons. The number of carboxylic acids is 1. The van der Waals surface area contributed by atoms with Gasteiger partial charge in [-0.25, -0.2) is 0 Å². The van der Waals surface area contributed by atoms with E-state index >= 15 is 0 Å². The second-order valence-electron chi connectivity index (χ2n) is 4.57. The zero-order chi connectivity index (χ0) is 15.5. The zero-order valence-corrected chi connectivity index (χ0v) is 12.6. The van der Waals surface area contributed by atoms with Crippen molar-refractivity contribution in [1.82, 2.24) is 10.6 Å². The molecule has 6 nitrogen and oxygen atoms in total. The number of carbonyl (C=O) groups excluding carboxylic acids is 2. The van der Waals surface area contributed by atoms with Crippen molar-refractivity contribution in [3.05, 3.63) is 22.4 Å². The highest BCUT2D eigenvalue weighted by atomic mass is 32.1. The third-order valence-corrected chi connectivity index (χ3v) is 3.49. The second kappa shape index (κ2) is 9.93. The van der Waals surface area contributed by atoms with Crippen LogP contribution in [0.4, 0.5) is 0 Å². The summed E-state index contributed by atoms with van der Waals surface area (Å²) in [6.07, 6.45) is 2.58. The Morgan fingerprint density at radius 1 is 1.05 bits per heavy atom. The molecular weight excluding hydrogens is 292 g/mol. The first kappa shape index (κ1) is 17.2. The fourth-order valence-electron chi connectivity index (χ4n) is 1.68. The maximum absolute atomic E-state index is 11.6. The molecule has 0 aliphatic heterocycles. The van der Waals surface area contributed by atoms with Gasteiger partial charge in [0.25, 0.3) is 5.91 Å². The first-order valence-electron chi connectivity index (χ1n) is 6.88. The van der Waals surface area contributed by atoms with Crippen molar-refractivity contribution in [3.63, 3.8) is 0 Å². The molecule has 0 bridgehead atoms. The maximum Gasteiger partial charge on any atom is 0.303 e. The molecule has 0 unspecified atom stereocenters. The Labute approximate surface area is 127 Å². The van der Waals surface area contributed by atoms with Crippen LogP contribution in [0.1, 0.15) is 42.5 Å². The molecule has 0 aliphatic rings. The fraction of sp³-hybridized carbons (Fsp3) is 0.500. The van der Waals surface area contributed by atoms with Crippen LogP contribution in [0.5, 0.6) is 0 Å². The number of aliphatic carboxylic acids is 1. The Kier molecular flexibility index (Phi) is 8.11. The standard InChI is InChI=1S/C14H20N2O4S/c17-12(15-7-3-1-2-4-13(18)19)5-8-16-14(20)11-6-9-21-10-11/h6,9-10H,1-5,7-8H2,(H,15,17)(H,16,20)(H,18,19). The van der Waals surface area contributed by atoms with Crippen LogP contribution in [0.15, 0.2) is 16.8 Å². The van der Waals surface area contributed by atoms with Crippen LogP contribution in [-0.2, 0) is 9.59 Å². The molecule has 21 heavy (non-hydrogen) atoms. The summed E-state index contributed by atoms with van der Waals surface area (Å²) in [6.45, 7) is 0.844. The topological polar surface area (TPSA) is 95.5 Å². The number of carbonyl (C=O) groups is 3. The molecule has 7 heteroatoms. The summed E-state index contributed by atoms with van der Waals surface area (Å²) in [6, 6.07) is 1.73. The molecule has 0 radical (unpaired) electrons. The number of hydrogen-bond donors (Lipinski definition) is 3. The summed E-state index contributed by atoms with van der Waals surface area (Å²) >= 11 is 1.45. The molecule has 1 heterocycles. The summed E-state index contributed by atoms with van der Waals surface area (Å²) in [5, 5.41) is 17.5. The van der Waals surface area contributed by atoms with Crippen LogP contribution in [-0.4, -0.2) is 36.0 Å². The van der Waals surface area contributed by atoms with Crippen molar-refractivity contribution in [2.24, 2.45) is 0 Å². The number of amides is 2. The minimum Gasteiger partial charge on any atom is -0.481 e. The molecule has 0 fully saturated rings. The first-order valence-corrected chi connectivity index (χ1v) is 7.83. The van der Waals surface area contributed by atoms with Gasteiger partial charge in [0.15, 0.2) is 0 Å². The van der Waals surface area contributed by atoms with Gasteiger partial charge in [0, 0.05) is 36.9 Å². The van der Waals surface area contributed by atoms with Crippen LogP contribution < -0.4 is 10.6 Å². The molecular formula is C14H20N2O4S. The fourth-order valence-corrected chi connectivity index (χ4v) is 2.32. The highest BCUT2D eigenvalue weighted by molar-refractivity contribution is 7.08. The van der Waals surface area contributed by atoms with Crippen LogP contribution >= 0.6 is 11.3 Å². The normalized spacial score (nSPS) is 10.1. The number of nitrogens with one attached hydrogen (secondary N) is 2. The van der Waals surface area contributed by atoms with Gasteiger partial charge >= 0.3 is 5.97 Å². The highest BCUT2D eigenvalue weighted by Crippen LogP contribution is 2.05. The average Bonchev–Trinajstić information content (AvgIpc) is 2.96. The minimum atomic E-state index is -0.791. The lowest BCUT2D eigenvalue weighted by molar-refractivity contribution is -0.137. The van der Waals surface area contributed by atoms with Crippen LogP contribution in [0.3, 0.4) is 0 Å². The van der Waals surface area contributed by atoms with E-state index in [1.165, 1.54) is 11.3 Å². The van der Waals surface area contributed by atoms with Crippen molar-refractivity contribution in [2.75, 3.05) is 13.1 Å². The van der Waals surface area contributed by atoms with Crippen molar-refractivity contribution in [3.8, 4) is 0 Å². The smallest absolute Gasteiger partial charge is 0.303 e. The van der Waals surface area contributed by atoms with Gasteiger partial charge in [-0.3, -0.25) is 14.4 Å². The zero-order valence-electron chi connectivity index (χ0n) is 11.8. The molecule has 1 rings (SSSR count). The largest absolute Gasteiger partial charge is 0.481 e. The van der Waals surface area contributed by atoms with E-state index in [1.54, 1.807) is 11.4 Å². The first-order chi connectivity index (χ1) is 10.1. The number of rotatable bonds is 10. The van der Waals surface area contributed by atoms with Gasteiger partial charge in [0.2, 0.25) is 5.91 Å². The van der Waals surface area contributed by atoms with Gasteiger partial charge < -0.3 is 15.7 Å². The molecule has 0 aromatic carbocycles. The van der Waals surface area contributed by atoms with E-state index in [4.69, 9.17) is 5.11 Å². The third kappa shape index (κ3) is 8.09. The van der Waals surface area contributed by atoms with Gasteiger partial charge in [-0.1, -0.05) is 6.42 Å². The molecule has 1 aromatic rings. The molecule has 1 aromatic heterocycles. The molecule has 0 atom stereocenters. The van der Waals surface area contributed by atoms with Crippen LogP contribution in [0, 0.1) is 0 Å². The summed E-state index contributed by atoms with van der Waals surface area (Å²) in [5.41, 5.74) is 0.610. The minimum absolute atomic E-state index is 0.112. The number of thiophene rings is 1. The molecule has 0 spiro atoms. The quantitative estimate of drug-likeness (QED) is 0.572. The van der Waals surface area contributed by atoms with Gasteiger partial charge in [0.1, 0.15) is 0 Å². The predicted molar refractivity (Wildman–Crippen MR) is 80.4 cm³/mol. The van der Waals surface area contributed by atoms with E-state index in [0.717, 1.165) is 12.8 Å². The Hall–Kier alpha value is -1.89. The monoisotopic (exact) mass is 312 g/mol. The highest BCUT2D eigenvalue weighted by Gasteiger charge is 2.06. The van der Waals surface area contributed by atoms with E-state index in [2.05, 4.69) is 10.6 Å². The lowest BCUT2D eigenvalue weighted by Crippen LogP contribution is -2.31. The Morgan fingerprint density at radius 3 is 2.52 bits per heavy atom. The summed E-state index contributed by atoms with van der Waals surface area (Å²) in [7, 11) is 0. The van der Waals surface area contributed by atoms with Crippen molar-refractivity contribution in [2.45, 2.75) is 32.1 Å². The Bertz CT molecular complexity index is 460. The van der Waals surface area contributed by atoms with Gasteiger partial charge in [-0.2, -0.15) is 11.3 Å². The van der Waals surface area contributed by atoms with Crippen LogP contribution in [0.2, 0.25) is 0 Å². The number of carboxylic acid groups (broad SMARTS) is 1. The number of hydrogen-bond acceptors (Lipinski definition) is 4. The average molecular weight is 312 g/mol. The molecule has 0 saturated carbocycles. The lowest BCUT2D eigenvalue weighted by atomic mass is 10.2. The molecule has 2 amide bonds. The second-order valence-corrected chi connectivity index (χ2v) is 5.35. The Morgan fingerprint density at radius 2 is 1.86 bits per heavy atom. The lowest BCUT2D eigenvalue weighted by Gasteiger charge is -2.06.